The molecule has 0 unspecified atom stereocenters. The Bertz CT molecular complexity index is 1650. The summed E-state index contributed by atoms with van der Waals surface area (Å²) in [5, 5.41) is 14.2. The van der Waals surface area contributed by atoms with Crippen LogP contribution in [0.2, 0.25) is 0 Å². The number of anilines is 2. The van der Waals surface area contributed by atoms with Crippen molar-refractivity contribution in [3.05, 3.63) is 90.6 Å². The first-order valence-electron chi connectivity index (χ1n) is 12.5. The molecule has 0 saturated carbocycles. The number of benzene rings is 2. The number of rotatable bonds is 7. The van der Waals surface area contributed by atoms with E-state index >= 15 is 0 Å². The molecule has 0 aliphatic carbocycles. The predicted octanol–water partition coefficient (Wildman–Crippen LogP) is 4.95. The van der Waals surface area contributed by atoms with Gasteiger partial charge in [-0.2, -0.15) is 5.10 Å². The van der Waals surface area contributed by atoms with Crippen LogP contribution in [0, 0.1) is 0 Å². The number of amides is 3. The molecule has 40 heavy (non-hydrogen) atoms. The van der Waals surface area contributed by atoms with Gasteiger partial charge in [0.2, 0.25) is 5.91 Å². The fraction of sp³-hybridized carbons (Fsp3) is 0.172. The summed E-state index contributed by atoms with van der Waals surface area (Å²) in [5.41, 5.74) is 10.2. The van der Waals surface area contributed by atoms with E-state index in [2.05, 4.69) is 25.8 Å². The Hall–Kier alpha value is -5.32. The first kappa shape index (κ1) is 26.3. The number of nitrogens with two attached hydrogens (primary N) is 1. The first-order valence-corrected chi connectivity index (χ1v) is 12.5. The summed E-state index contributed by atoms with van der Waals surface area (Å²) >= 11 is 0. The van der Waals surface area contributed by atoms with Gasteiger partial charge >= 0.3 is 6.03 Å². The Labute approximate surface area is 230 Å². The molecule has 0 spiro atoms. The molecule has 3 aromatic heterocycles. The number of nitrogens with zero attached hydrogens (tertiary/aromatic N) is 5. The van der Waals surface area contributed by atoms with Crippen LogP contribution in [-0.2, 0) is 16.6 Å². The van der Waals surface area contributed by atoms with Crippen LogP contribution < -0.4 is 16.4 Å². The Morgan fingerprint density at radius 1 is 1.00 bits per heavy atom. The molecule has 0 bridgehead atoms. The largest absolute Gasteiger partial charge is 0.369 e. The lowest BCUT2D eigenvalue weighted by atomic mass is 9.92. The molecule has 0 aliphatic heterocycles. The molecule has 3 heterocycles. The molecule has 3 amide bonds. The fourth-order valence-electron chi connectivity index (χ4n) is 4.00. The highest BCUT2D eigenvalue weighted by Gasteiger charge is 2.22. The van der Waals surface area contributed by atoms with Gasteiger partial charge in [-0.1, -0.05) is 38.1 Å². The van der Waals surface area contributed by atoms with E-state index < -0.39 is 11.9 Å². The van der Waals surface area contributed by atoms with Crippen LogP contribution in [0.5, 0.6) is 0 Å². The van der Waals surface area contributed by atoms with Crippen molar-refractivity contribution in [2.75, 3.05) is 10.6 Å². The average Bonchev–Trinajstić information content (AvgIpc) is 3.60. The maximum Gasteiger partial charge on any atom is 0.324 e. The molecule has 4 N–H and O–H groups in total. The number of carbonyl (C=O) groups is 2. The van der Waals surface area contributed by atoms with Crippen LogP contribution in [0.1, 0.15) is 32.0 Å². The zero-order valence-electron chi connectivity index (χ0n) is 22.3. The second-order valence-corrected chi connectivity index (χ2v) is 10.2. The second kappa shape index (κ2) is 10.8. The van der Waals surface area contributed by atoms with Crippen molar-refractivity contribution in [1.29, 1.82) is 0 Å². The van der Waals surface area contributed by atoms with Gasteiger partial charge in [0, 0.05) is 28.9 Å². The van der Waals surface area contributed by atoms with Crippen molar-refractivity contribution in [2.45, 2.75) is 32.6 Å². The van der Waals surface area contributed by atoms with Gasteiger partial charge in [0.15, 0.2) is 5.82 Å². The van der Waals surface area contributed by atoms with Crippen molar-refractivity contribution in [3.63, 3.8) is 0 Å². The quantitative estimate of drug-likeness (QED) is 0.266. The van der Waals surface area contributed by atoms with Gasteiger partial charge in [-0.25, -0.2) is 19.4 Å². The van der Waals surface area contributed by atoms with E-state index in [4.69, 9.17) is 15.4 Å². The topological polar surface area (TPSA) is 154 Å². The summed E-state index contributed by atoms with van der Waals surface area (Å²) in [5.74, 6) is 0.590. The minimum absolute atomic E-state index is 0.107. The molecule has 5 aromatic rings. The van der Waals surface area contributed by atoms with Crippen LogP contribution in [-0.4, -0.2) is 36.8 Å². The smallest absolute Gasteiger partial charge is 0.324 e. The molecule has 0 radical (unpaired) electrons. The van der Waals surface area contributed by atoms with E-state index in [1.807, 2.05) is 63.2 Å². The van der Waals surface area contributed by atoms with Gasteiger partial charge in [-0.3, -0.25) is 10.1 Å². The number of hydrogen-bond donors (Lipinski definition) is 3. The third-order valence-electron chi connectivity index (χ3n) is 6.04. The Balaban J connectivity index is 1.34. The second-order valence-electron chi connectivity index (χ2n) is 10.2. The highest BCUT2D eigenvalue weighted by atomic mass is 16.5. The summed E-state index contributed by atoms with van der Waals surface area (Å²) in [6, 6.07) is 17.7. The lowest BCUT2D eigenvalue weighted by molar-refractivity contribution is -0.117. The highest BCUT2D eigenvalue weighted by molar-refractivity contribution is 5.99. The predicted molar refractivity (Wildman–Crippen MR) is 151 cm³/mol. The molecule has 5 rings (SSSR count). The van der Waals surface area contributed by atoms with Gasteiger partial charge in [0.05, 0.1) is 35.3 Å². The lowest BCUT2D eigenvalue weighted by Crippen LogP contribution is -2.21. The summed E-state index contributed by atoms with van der Waals surface area (Å²) in [7, 11) is 0. The van der Waals surface area contributed by atoms with Gasteiger partial charge in [-0.15, -0.1) is 0 Å². The van der Waals surface area contributed by atoms with Crippen LogP contribution in [0.15, 0.2) is 83.8 Å². The van der Waals surface area contributed by atoms with Crippen molar-refractivity contribution in [2.24, 2.45) is 5.73 Å². The van der Waals surface area contributed by atoms with Crippen molar-refractivity contribution in [1.82, 2.24) is 24.9 Å². The standard InChI is InChI=1S/C29H28N8O3/c1-29(2,3)24-15-26(37(36-24)22-6-4-5-18(13-22)14-25(30)38)35-28(39)33-21-9-7-19(8-10-21)27-31-12-11-23(34-27)20-16-32-40-17-20/h4-13,15-17H,14H2,1-3H3,(H2,30,38)(H2,33,35,39). The zero-order chi connectivity index (χ0) is 28.3. The maximum absolute atomic E-state index is 13.0. The minimum atomic E-state index is -0.437. The van der Waals surface area contributed by atoms with Gasteiger partial charge in [0.25, 0.3) is 0 Å². The van der Waals surface area contributed by atoms with E-state index in [9.17, 15) is 9.59 Å². The fourth-order valence-corrected chi connectivity index (χ4v) is 4.00. The molecule has 11 nitrogen and oxygen atoms in total. The molecule has 0 saturated heterocycles. The van der Waals surface area contributed by atoms with Gasteiger partial charge < -0.3 is 15.6 Å². The van der Waals surface area contributed by atoms with Crippen LogP contribution >= 0.6 is 0 Å². The molecular weight excluding hydrogens is 508 g/mol. The number of hydrogen-bond acceptors (Lipinski definition) is 7. The molecule has 0 atom stereocenters. The van der Waals surface area contributed by atoms with Crippen LogP contribution in [0.4, 0.5) is 16.3 Å². The molecule has 2 aromatic carbocycles. The monoisotopic (exact) mass is 536 g/mol. The lowest BCUT2D eigenvalue weighted by Gasteiger charge is -2.14. The van der Waals surface area contributed by atoms with Gasteiger partial charge in [0.1, 0.15) is 12.1 Å². The summed E-state index contributed by atoms with van der Waals surface area (Å²) in [6.07, 6.45) is 4.89. The molecule has 0 fully saturated rings. The molecule has 0 aliphatic rings. The van der Waals surface area contributed by atoms with Crippen molar-refractivity contribution >= 4 is 23.4 Å². The summed E-state index contributed by atoms with van der Waals surface area (Å²) in [6.45, 7) is 6.13. The van der Waals surface area contributed by atoms with E-state index in [-0.39, 0.29) is 11.8 Å². The van der Waals surface area contributed by atoms with E-state index in [0.717, 1.165) is 22.4 Å². The molecule has 11 heteroatoms. The number of primary amides is 1. The average molecular weight is 537 g/mol. The number of aromatic nitrogens is 5. The van der Waals surface area contributed by atoms with Crippen LogP contribution in [0.3, 0.4) is 0 Å². The first-order chi connectivity index (χ1) is 19.2. The Kier molecular flexibility index (Phi) is 7.11. The van der Waals surface area contributed by atoms with Crippen molar-refractivity contribution < 1.29 is 14.1 Å². The number of carbonyl (C=O) groups excluding carboxylic acids is 2. The zero-order valence-corrected chi connectivity index (χ0v) is 22.3. The number of urea groups is 1. The van der Waals surface area contributed by atoms with E-state index in [1.165, 1.54) is 6.26 Å². The number of nitrogens with one attached hydrogen (secondary N) is 2. The summed E-state index contributed by atoms with van der Waals surface area (Å²) in [4.78, 5) is 33.3. The third kappa shape index (κ3) is 6.04. The third-order valence-corrected chi connectivity index (χ3v) is 6.04. The molecular formula is C29H28N8O3. The van der Waals surface area contributed by atoms with Crippen molar-refractivity contribution in [3.8, 4) is 28.3 Å². The Morgan fingerprint density at radius 3 is 2.50 bits per heavy atom. The van der Waals surface area contributed by atoms with Gasteiger partial charge in [-0.05, 0) is 48.0 Å². The Morgan fingerprint density at radius 2 is 1.80 bits per heavy atom. The SMILES string of the molecule is CC(C)(C)c1cc(NC(=O)Nc2ccc(-c3nccc(-c4cnoc4)n3)cc2)n(-c2cccc(CC(N)=O)c2)n1. The van der Waals surface area contributed by atoms with Crippen LogP contribution in [0.25, 0.3) is 28.3 Å². The van der Waals surface area contributed by atoms with E-state index in [0.29, 0.717) is 28.7 Å². The normalized spacial score (nSPS) is 11.3. The van der Waals surface area contributed by atoms with E-state index in [1.54, 1.807) is 35.3 Å². The molecule has 202 valence electrons. The summed E-state index contributed by atoms with van der Waals surface area (Å²) < 4.78 is 6.55. The highest BCUT2D eigenvalue weighted by Crippen LogP contribution is 2.27. The minimum Gasteiger partial charge on any atom is -0.369 e. The maximum atomic E-state index is 13.0.